The Morgan fingerprint density at radius 2 is 1.95 bits per heavy atom. The summed E-state index contributed by atoms with van der Waals surface area (Å²) in [6.07, 6.45) is 4.05. The molecule has 3 aromatic heterocycles. The van der Waals surface area contributed by atoms with E-state index >= 15 is 0 Å². The van der Waals surface area contributed by atoms with Gasteiger partial charge in [0.25, 0.3) is 11.8 Å². The van der Waals surface area contributed by atoms with Gasteiger partial charge in [-0.3, -0.25) is 29.8 Å². The standard InChI is InChI=1S/C28H35N12O10PS4/c1-3-50-37-18(20-35-27(55-39-20)38-51(47,48)49)21(41)33-19(22(42)36-26(30)31-8-4-5-14(29)24(43)44)23-34-17(25(45)46)16(12-52-23)54-28-32-15(11-53-28)13-6-9-40(2)10-7-13/h6-7,9-11,14,19,23,34H,3-5,8,12,29H2,1-2H3,(H8-,30,31,33,35,36,38,39,41,42,43,44,45,46,47,48,49)/p+1/b37-18-/t14-,19?,23?/m1/s1. The van der Waals surface area contributed by atoms with E-state index in [2.05, 4.69) is 40.4 Å². The number of anilines is 1. The van der Waals surface area contributed by atoms with E-state index in [1.54, 1.807) is 6.92 Å². The Morgan fingerprint density at radius 1 is 1.22 bits per heavy atom. The molecule has 0 radical (unpaired) electrons. The molecule has 296 valence electrons. The van der Waals surface area contributed by atoms with Gasteiger partial charge in [0, 0.05) is 51.8 Å². The molecule has 1 aliphatic rings. The quantitative estimate of drug-likeness (QED) is 0.0194. The van der Waals surface area contributed by atoms with Gasteiger partial charge in [-0.05, 0) is 19.8 Å². The summed E-state index contributed by atoms with van der Waals surface area (Å²) in [5.74, 6) is -5.28. The Bertz CT molecular complexity index is 2020. The number of nitrogens with zero attached hydrogens (tertiary/aromatic N) is 6. The number of thiazole rings is 1. The molecule has 0 aliphatic carbocycles. The third kappa shape index (κ3) is 13.0. The predicted octanol–water partition coefficient (Wildman–Crippen LogP) is -0.410. The van der Waals surface area contributed by atoms with Crippen LogP contribution in [-0.2, 0) is 35.6 Å². The summed E-state index contributed by atoms with van der Waals surface area (Å²) in [6, 6.07) is 1.09. The van der Waals surface area contributed by atoms with Gasteiger partial charge in [0.2, 0.25) is 16.7 Å². The van der Waals surface area contributed by atoms with Crippen LogP contribution < -0.4 is 37.1 Å². The van der Waals surface area contributed by atoms with E-state index in [0.29, 0.717) is 26.5 Å². The first-order chi connectivity index (χ1) is 26.0. The largest absolute Gasteiger partial charge is 0.480 e. The molecule has 0 saturated heterocycles. The number of hydrogen-bond acceptors (Lipinski definition) is 17. The van der Waals surface area contributed by atoms with Crippen LogP contribution in [0.1, 0.15) is 25.6 Å². The molecule has 0 bridgehead atoms. The molecule has 12 N–H and O–H groups in total. The van der Waals surface area contributed by atoms with Gasteiger partial charge in [-0.15, -0.1) is 23.1 Å². The van der Waals surface area contributed by atoms with Crippen molar-refractivity contribution in [2.45, 2.75) is 41.6 Å². The van der Waals surface area contributed by atoms with Gasteiger partial charge in [-0.2, -0.15) is 9.36 Å². The van der Waals surface area contributed by atoms with E-state index in [-0.39, 0.29) is 48.5 Å². The Labute approximate surface area is 328 Å². The molecular formula is C28H36N12O10PS4+. The summed E-state index contributed by atoms with van der Waals surface area (Å²) in [7, 11) is -2.90. The van der Waals surface area contributed by atoms with Gasteiger partial charge < -0.3 is 46.9 Å². The lowest BCUT2D eigenvalue weighted by Gasteiger charge is -2.32. The van der Waals surface area contributed by atoms with Crippen molar-refractivity contribution in [3.8, 4) is 11.3 Å². The molecule has 0 fully saturated rings. The number of aryl methyl sites for hydroxylation is 1. The van der Waals surface area contributed by atoms with Gasteiger partial charge >= 0.3 is 19.7 Å². The SMILES string of the molecule is CCO/N=C(\C(=O)NC(C(=O)NC(N)=NCCC[C@@H](N)C(=O)O)C1NC(C(=O)O)=C(Sc2nc(-c3cc[n+](C)cc3)cs2)CS1)c1nsc(NP(=O)(O)O)n1. The number of pyridine rings is 1. The molecule has 1 aliphatic heterocycles. The lowest BCUT2D eigenvalue weighted by atomic mass is 10.2. The fourth-order valence-electron chi connectivity index (χ4n) is 4.33. The maximum absolute atomic E-state index is 13.7. The monoisotopic (exact) mass is 859 g/mol. The van der Waals surface area contributed by atoms with Gasteiger partial charge in [0.05, 0.1) is 5.69 Å². The molecule has 27 heteroatoms. The maximum Gasteiger partial charge on any atom is 0.429 e. The highest BCUT2D eigenvalue weighted by atomic mass is 32.2. The molecule has 0 aromatic carbocycles. The van der Waals surface area contributed by atoms with Crippen LogP contribution in [0.2, 0.25) is 0 Å². The lowest BCUT2D eigenvalue weighted by Crippen LogP contribution is -2.60. The van der Waals surface area contributed by atoms with Crippen LogP contribution in [-0.4, -0.2) is 106 Å². The first-order valence-electron chi connectivity index (χ1n) is 15.8. The van der Waals surface area contributed by atoms with Gasteiger partial charge in [-0.1, -0.05) is 16.9 Å². The first kappa shape index (κ1) is 43.0. The number of carboxylic acid groups (broad SMARTS) is 2. The normalized spacial score (nSPS) is 16.1. The molecule has 4 rings (SSSR count). The number of carbonyl (C=O) groups is 4. The third-order valence-corrected chi connectivity index (χ3v) is 11.6. The minimum absolute atomic E-state index is 0.0000147. The summed E-state index contributed by atoms with van der Waals surface area (Å²) in [5, 5.41) is 32.8. The second-order valence-corrected chi connectivity index (χ2v) is 16.5. The van der Waals surface area contributed by atoms with Gasteiger partial charge in [0.15, 0.2) is 22.7 Å². The molecule has 22 nitrogen and oxygen atoms in total. The fourth-order valence-corrected chi connectivity index (χ4v) is 8.87. The van der Waals surface area contributed by atoms with Crippen LogP contribution in [0.4, 0.5) is 5.13 Å². The number of amides is 2. The van der Waals surface area contributed by atoms with E-state index in [1.807, 2.05) is 46.6 Å². The van der Waals surface area contributed by atoms with Crippen LogP contribution in [0, 0.1) is 0 Å². The molecule has 3 aromatic rings. The van der Waals surface area contributed by atoms with Crippen molar-refractivity contribution in [2.75, 3.05) is 24.0 Å². The zero-order valence-corrected chi connectivity index (χ0v) is 33.0. The van der Waals surface area contributed by atoms with Crippen molar-refractivity contribution < 1.29 is 53.1 Å². The number of aromatic nitrogens is 4. The molecule has 3 atom stereocenters. The molecule has 0 saturated carbocycles. The second-order valence-electron chi connectivity index (χ2n) is 11.1. The van der Waals surface area contributed by atoms with E-state index < -0.39 is 60.5 Å². The van der Waals surface area contributed by atoms with E-state index in [9.17, 15) is 38.6 Å². The lowest BCUT2D eigenvalue weighted by molar-refractivity contribution is -0.671. The summed E-state index contributed by atoms with van der Waals surface area (Å²) in [6.45, 7) is 1.55. The smallest absolute Gasteiger partial charge is 0.429 e. The van der Waals surface area contributed by atoms with Crippen LogP contribution in [0.25, 0.3) is 11.3 Å². The number of nitrogens with one attached hydrogen (secondary N) is 4. The molecular weight excluding hydrogens is 824 g/mol. The van der Waals surface area contributed by atoms with E-state index in [4.69, 9.17) is 21.4 Å². The van der Waals surface area contributed by atoms with Crippen molar-refractivity contribution in [3.63, 3.8) is 0 Å². The number of oxime groups is 1. The zero-order valence-electron chi connectivity index (χ0n) is 28.8. The molecule has 0 spiro atoms. The van der Waals surface area contributed by atoms with Crippen LogP contribution in [0.5, 0.6) is 0 Å². The maximum atomic E-state index is 13.7. The molecule has 2 amide bonds. The average molecular weight is 860 g/mol. The number of aliphatic carboxylic acids is 2. The Hall–Kier alpha value is -4.69. The van der Waals surface area contributed by atoms with Crippen molar-refractivity contribution in [1.82, 2.24) is 30.3 Å². The van der Waals surface area contributed by atoms with Crippen LogP contribution in [0.15, 0.2) is 55.0 Å². The number of carboxylic acids is 2. The minimum Gasteiger partial charge on any atom is -0.480 e. The Kier molecular flexibility index (Phi) is 15.5. The second kappa shape index (κ2) is 19.8. The van der Waals surface area contributed by atoms with E-state index in [1.165, 1.54) is 11.3 Å². The number of carbonyl (C=O) groups excluding carboxylic acids is 2. The minimum atomic E-state index is -4.78. The van der Waals surface area contributed by atoms with Gasteiger partial charge in [-0.25, -0.2) is 18.9 Å². The molecule has 55 heavy (non-hydrogen) atoms. The highest BCUT2D eigenvalue weighted by molar-refractivity contribution is 8.07. The fraction of sp³-hybridized carbons (Fsp3) is 0.357. The first-order valence-corrected chi connectivity index (χ1v) is 20.9. The van der Waals surface area contributed by atoms with Crippen LogP contribution >= 0.6 is 54.1 Å². The number of thioether (sulfide) groups is 2. The number of hydrogen-bond donors (Lipinski definition) is 10. The zero-order chi connectivity index (χ0) is 40.3. The average Bonchev–Trinajstić information content (AvgIpc) is 3.78. The highest BCUT2D eigenvalue weighted by Gasteiger charge is 2.38. The topological polar surface area (TPSA) is 343 Å². The number of guanidine groups is 1. The van der Waals surface area contributed by atoms with Crippen molar-refractivity contribution in [2.24, 2.45) is 28.7 Å². The molecule has 4 heterocycles. The Balaban J connectivity index is 1.60. The van der Waals surface area contributed by atoms with Crippen molar-refractivity contribution in [1.29, 1.82) is 0 Å². The van der Waals surface area contributed by atoms with E-state index in [0.717, 1.165) is 29.1 Å². The highest BCUT2D eigenvalue weighted by Crippen LogP contribution is 2.39. The van der Waals surface area contributed by atoms with Crippen LogP contribution in [0.3, 0.4) is 0 Å². The molecule has 2 unspecified atom stereocenters. The predicted molar refractivity (Wildman–Crippen MR) is 204 cm³/mol. The number of aliphatic imine (C=N–C) groups is 1. The summed E-state index contributed by atoms with van der Waals surface area (Å²) >= 11 is 4.04. The van der Waals surface area contributed by atoms with Crippen molar-refractivity contribution >= 4 is 94.7 Å². The van der Waals surface area contributed by atoms with Crippen molar-refractivity contribution in [3.05, 3.63) is 46.3 Å². The van der Waals surface area contributed by atoms with Gasteiger partial charge in [0.1, 0.15) is 36.8 Å². The Morgan fingerprint density at radius 3 is 2.60 bits per heavy atom. The third-order valence-electron chi connectivity index (χ3n) is 6.92. The summed E-state index contributed by atoms with van der Waals surface area (Å²) < 4.78 is 17.8. The summed E-state index contributed by atoms with van der Waals surface area (Å²) in [5.41, 5.74) is 12.2. The number of rotatable bonds is 18. The number of nitrogens with two attached hydrogens (primary N) is 2. The summed E-state index contributed by atoms with van der Waals surface area (Å²) in [4.78, 5) is 87.5.